The van der Waals surface area contributed by atoms with Crippen LogP contribution in [-0.2, 0) is 20.2 Å². The molecular formula is C14H15N3O2. The first kappa shape index (κ1) is 11.8. The fourth-order valence-corrected chi connectivity index (χ4v) is 2.11. The molecule has 2 aromatic heterocycles. The van der Waals surface area contributed by atoms with Gasteiger partial charge in [0.15, 0.2) is 5.75 Å². The highest BCUT2D eigenvalue weighted by Crippen LogP contribution is 2.26. The summed E-state index contributed by atoms with van der Waals surface area (Å²) in [5.74, 6) is 1.48. The van der Waals surface area contributed by atoms with Crippen LogP contribution in [0.3, 0.4) is 0 Å². The molecule has 3 aromatic rings. The van der Waals surface area contributed by atoms with Gasteiger partial charge in [0.2, 0.25) is 0 Å². The summed E-state index contributed by atoms with van der Waals surface area (Å²) < 4.78 is 13.1. The Balaban J connectivity index is 1.87. The van der Waals surface area contributed by atoms with E-state index in [1.165, 1.54) is 0 Å². The predicted molar refractivity (Wildman–Crippen MR) is 71.6 cm³/mol. The molecule has 0 atom stereocenters. The van der Waals surface area contributed by atoms with Crippen molar-refractivity contribution in [3.8, 4) is 5.75 Å². The highest BCUT2D eigenvalue weighted by atomic mass is 16.5. The van der Waals surface area contributed by atoms with Gasteiger partial charge in [0, 0.05) is 24.5 Å². The molecule has 0 unspecified atom stereocenters. The maximum Gasteiger partial charge on any atom is 0.157 e. The highest BCUT2D eigenvalue weighted by Gasteiger charge is 2.13. The molecule has 0 fully saturated rings. The van der Waals surface area contributed by atoms with E-state index in [-0.39, 0.29) is 0 Å². The molecule has 0 aliphatic carbocycles. The van der Waals surface area contributed by atoms with Gasteiger partial charge in [-0.2, -0.15) is 5.10 Å². The fraction of sp³-hybridized carbons (Fsp3) is 0.214. The summed E-state index contributed by atoms with van der Waals surface area (Å²) in [6.45, 7) is 0.787. The quantitative estimate of drug-likeness (QED) is 0.778. The number of furan rings is 1. The van der Waals surface area contributed by atoms with E-state index in [0.29, 0.717) is 18.9 Å². The zero-order valence-corrected chi connectivity index (χ0v) is 10.7. The normalized spacial score (nSPS) is 11.1. The summed E-state index contributed by atoms with van der Waals surface area (Å²) in [6.07, 6.45) is 3.48. The van der Waals surface area contributed by atoms with E-state index in [4.69, 9.17) is 14.9 Å². The number of hydrogen-bond acceptors (Lipinski definition) is 4. The zero-order valence-electron chi connectivity index (χ0n) is 10.7. The van der Waals surface area contributed by atoms with Crippen LogP contribution in [0.2, 0.25) is 0 Å². The fourth-order valence-electron chi connectivity index (χ4n) is 2.11. The number of nitrogens with two attached hydrogens (primary N) is 1. The number of hydrogen-bond donors (Lipinski definition) is 1. The first-order valence-corrected chi connectivity index (χ1v) is 6.08. The monoisotopic (exact) mass is 257 g/mol. The number of aromatic nitrogens is 2. The molecule has 0 saturated heterocycles. The Hall–Kier alpha value is -2.27. The van der Waals surface area contributed by atoms with Crippen molar-refractivity contribution in [1.82, 2.24) is 9.78 Å². The minimum Gasteiger partial charge on any atom is -0.482 e. The molecular weight excluding hydrogens is 242 g/mol. The molecule has 2 heterocycles. The van der Waals surface area contributed by atoms with E-state index < -0.39 is 0 Å². The van der Waals surface area contributed by atoms with E-state index in [1.807, 2.05) is 37.5 Å². The van der Waals surface area contributed by atoms with Crippen LogP contribution < -0.4 is 10.5 Å². The van der Waals surface area contributed by atoms with E-state index in [1.54, 1.807) is 10.9 Å². The van der Waals surface area contributed by atoms with E-state index in [2.05, 4.69) is 5.10 Å². The number of aryl methyl sites for hydroxylation is 1. The molecule has 0 aliphatic rings. The van der Waals surface area contributed by atoms with Gasteiger partial charge in [-0.1, -0.05) is 18.2 Å². The molecule has 5 nitrogen and oxygen atoms in total. The van der Waals surface area contributed by atoms with Crippen LogP contribution in [0.1, 0.15) is 11.3 Å². The highest BCUT2D eigenvalue weighted by molar-refractivity contribution is 5.82. The van der Waals surface area contributed by atoms with Crippen LogP contribution in [0.25, 0.3) is 11.0 Å². The van der Waals surface area contributed by atoms with Gasteiger partial charge in [-0.25, -0.2) is 0 Å². The maximum atomic E-state index is 5.80. The SMILES string of the molecule is Cn1cc(OCc2oc3ccccc3c2CN)cn1. The topological polar surface area (TPSA) is 66.2 Å². The van der Waals surface area contributed by atoms with Crippen LogP contribution in [0.15, 0.2) is 41.1 Å². The molecule has 0 spiro atoms. The number of benzene rings is 1. The van der Waals surface area contributed by atoms with Crippen molar-refractivity contribution in [3.05, 3.63) is 48.0 Å². The molecule has 19 heavy (non-hydrogen) atoms. The Morgan fingerprint density at radius 3 is 2.95 bits per heavy atom. The van der Waals surface area contributed by atoms with E-state index in [9.17, 15) is 0 Å². The van der Waals surface area contributed by atoms with Crippen LogP contribution in [0.4, 0.5) is 0 Å². The smallest absolute Gasteiger partial charge is 0.157 e. The van der Waals surface area contributed by atoms with Crippen molar-refractivity contribution >= 4 is 11.0 Å². The number of fused-ring (bicyclic) bond motifs is 1. The minimum absolute atomic E-state index is 0.354. The number of ether oxygens (including phenoxy) is 1. The van der Waals surface area contributed by atoms with Crippen LogP contribution in [0, 0.1) is 0 Å². The van der Waals surface area contributed by atoms with Crippen molar-refractivity contribution in [2.45, 2.75) is 13.2 Å². The second-order valence-corrected chi connectivity index (χ2v) is 4.34. The summed E-state index contributed by atoms with van der Waals surface area (Å²) in [7, 11) is 1.85. The third-order valence-electron chi connectivity index (χ3n) is 3.04. The molecule has 0 radical (unpaired) electrons. The molecule has 0 bridgehead atoms. The summed E-state index contributed by atoms with van der Waals surface area (Å²) in [6, 6.07) is 7.86. The lowest BCUT2D eigenvalue weighted by Gasteiger charge is -2.02. The van der Waals surface area contributed by atoms with Crippen molar-refractivity contribution in [3.63, 3.8) is 0 Å². The molecule has 3 rings (SSSR count). The Labute approximate surface area is 110 Å². The molecule has 5 heteroatoms. The molecule has 2 N–H and O–H groups in total. The first-order valence-electron chi connectivity index (χ1n) is 6.08. The summed E-state index contributed by atoms with van der Waals surface area (Å²) in [4.78, 5) is 0. The Morgan fingerprint density at radius 1 is 1.37 bits per heavy atom. The van der Waals surface area contributed by atoms with Gasteiger partial charge in [0.05, 0.1) is 12.4 Å². The molecule has 0 aliphatic heterocycles. The Bertz CT molecular complexity index is 700. The van der Waals surface area contributed by atoms with Crippen molar-refractivity contribution < 1.29 is 9.15 Å². The third-order valence-corrected chi connectivity index (χ3v) is 3.04. The number of nitrogens with zero attached hydrogens (tertiary/aromatic N) is 2. The van der Waals surface area contributed by atoms with Gasteiger partial charge in [-0.05, 0) is 6.07 Å². The van der Waals surface area contributed by atoms with Gasteiger partial charge in [0.1, 0.15) is 18.0 Å². The first-order chi connectivity index (χ1) is 9.28. The Kier molecular flexibility index (Phi) is 2.97. The van der Waals surface area contributed by atoms with Crippen molar-refractivity contribution in [2.24, 2.45) is 12.8 Å². The lowest BCUT2D eigenvalue weighted by Crippen LogP contribution is -2.02. The number of para-hydroxylation sites is 1. The lowest BCUT2D eigenvalue weighted by atomic mass is 10.1. The van der Waals surface area contributed by atoms with Gasteiger partial charge < -0.3 is 14.9 Å². The molecule has 1 aromatic carbocycles. The average Bonchev–Trinajstić information content (AvgIpc) is 2.99. The summed E-state index contributed by atoms with van der Waals surface area (Å²) >= 11 is 0. The average molecular weight is 257 g/mol. The van der Waals surface area contributed by atoms with Crippen LogP contribution in [0.5, 0.6) is 5.75 Å². The largest absolute Gasteiger partial charge is 0.482 e. The van der Waals surface area contributed by atoms with Crippen molar-refractivity contribution in [1.29, 1.82) is 0 Å². The third kappa shape index (κ3) is 2.20. The zero-order chi connectivity index (χ0) is 13.2. The summed E-state index contributed by atoms with van der Waals surface area (Å²) in [5.41, 5.74) is 7.64. The lowest BCUT2D eigenvalue weighted by molar-refractivity contribution is 0.272. The Morgan fingerprint density at radius 2 is 2.21 bits per heavy atom. The molecule has 0 amide bonds. The van der Waals surface area contributed by atoms with Gasteiger partial charge >= 0.3 is 0 Å². The van der Waals surface area contributed by atoms with Gasteiger partial charge in [-0.15, -0.1) is 0 Å². The molecule has 0 saturated carbocycles. The summed E-state index contributed by atoms with van der Waals surface area (Å²) in [5, 5.41) is 5.10. The molecule has 98 valence electrons. The van der Waals surface area contributed by atoms with Gasteiger partial charge in [0.25, 0.3) is 0 Å². The van der Waals surface area contributed by atoms with Crippen LogP contribution >= 0.6 is 0 Å². The van der Waals surface area contributed by atoms with E-state index >= 15 is 0 Å². The van der Waals surface area contributed by atoms with Gasteiger partial charge in [-0.3, -0.25) is 4.68 Å². The second kappa shape index (κ2) is 4.78. The minimum atomic E-state index is 0.354. The van der Waals surface area contributed by atoms with Crippen LogP contribution in [-0.4, -0.2) is 9.78 Å². The standard InChI is InChI=1S/C14H15N3O2/c1-17-8-10(7-16-17)18-9-14-12(6-15)11-4-2-3-5-13(11)19-14/h2-5,7-8H,6,9,15H2,1H3. The van der Waals surface area contributed by atoms with Crippen molar-refractivity contribution in [2.75, 3.05) is 0 Å². The number of rotatable bonds is 4. The maximum absolute atomic E-state index is 5.80. The second-order valence-electron chi connectivity index (χ2n) is 4.34. The predicted octanol–water partition coefficient (Wildman–Crippen LogP) is 2.20. The van der Waals surface area contributed by atoms with E-state index in [0.717, 1.165) is 22.3 Å².